The second-order valence-electron chi connectivity index (χ2n) is 6.90. The third-order valence-electron chi connectivity index (χ3n) is 4.80. The fourth-order valence-corrected chi connectivity index (χ4v) is 3.37. The maximum atomic E-state index is 12.6. The summed E-state index contributed by atoms with van der Waals surface area (Å²) in [5.41, 5.74) is 1.96. The van der Waals surface area contributed by atoms with Crippen LogP contribution >= 0.6 is 0 Å². The number of carbonyl (C=O) groups is 1. The lowest BCUT2D eigenvalue weighted by molar-refractivity contribution is 0.0607. The summed E-state index contributed by atoms with van der Waals surface area (Å²) in [6, 6.07) is 3.58. The minimum Gasteiger partial charge on any atom is -0.467 e. The van der Waals surface area contributed by atoms with Crippen LogP contribution in [0.1, 0.15) is 41.6 Å². The maximum Gasteiger partial charge on any atom is 0.317 e. The number of amides is 2. The van der Waals surface area contributed by atoms with Gasteiger partial charge < -0.3 is 24.1 Å². The first-order valence-electron chi connectivity index (χ1n) is 9.61. The summed E-state index contributed by atoms with van der Waals surface area (Å²) in [7, 11) is 1.65. The van der Waals surface area contributed by atoms with Crippen molar-refractivity contribution in [1.29, 1.82) is 0 Å². The summed E-state index contributed by atoms with van der Waals surface area (Å²) >= 11 is 0. The molecule has 0 spiro atoms. The van der Waals surface area contributed by atoms with Crippen LogP contribution in [0.3, 0.4) is 0 Å². The molecule has 1 aliphatic rings. The molecule has 1 N–H and O–H groups in total. The molecule has 28 heavy (non-hydrogen) atoms. The monoisotopic (exact) mass is 388 g/mol. The molecule has 0 bridgehead atoms. The highest BCUT2D eigenvalue weighted by Gasteiger charge is 2.27. The molecule has 1 fully saturated rings. The van der Waals surface area contributed by atoms with Crippen molar-refractivity contribution in [2.45, 2.75) is 38.8 Å². The van der Waals surface area contributed by atoms with Gasteiger partial charge in [-0.05, 0) is 31.9 Å². The second-order valence-corrected chi connectivity index (χ2v) is 6.90. The van der Waals surface area contributed by atoms with E-state index in [4.69, 9.17) is 13.9 Å². The van der Waals surface area contributed by atoms with Gasteiger partial charge in [-0.25, -0.2) is 14.8 Å². The van der Waals surface area contributed by atoms with E-state index in [1.54, 1.807) is 13.4 Å². The van der Waals surface area contributed by atoms with Gasteiger partial charge in [0, 0.05) is 37.9 Å². The molecule has 1 unspecified atom stereocenters. The van der Waals surface area contributed by atoms with Crippen molar-refractivity contribution in [3.8, 4) is 0 Å². The van der Waals surface area contributed by atoms with Crippen molar-refractivity contribution in [3.63, 3.8) is 0 Å². The number of ether oxygens (including phenoxy) is 2. The zero-order chi connectivity index (χ0) is 19.8. The number of nitrogens with one attached hydrogen (secondary N) is 1. The first-order chi connectivity index (χ1) is 13.7. The summed E-state index contributed by atoms with van der Waals surface area (Å²) in [6.07, 6.45) is 5.36. The van der Waals surface area contributed by atoms with E-state index < -0.39 is 0 Å². The molecule has 8 heteroatoms. The zero-order valence-corrected chi connectivity index (χ0v) is 16.5. The van der Waals surface area contributed by atoms with Crippen LogP contribution in [0.15, 0.2) is 29.0 Å². The highest BCUT2D eigenvalue weighted by Crippen LogP contribution is 2.28. The molecule has 152 valence electrons. The third kappa shape index (κ3) is 5.53. The molecular formula is C20H28N4O4. The summed E-state index contributed by atoms with van der Waals surface area (Å²) in [6.45, 7) is 5.16. The molecule has 0 aromatic carbocycles. The van der Waals surface area contributed by atoms with E-state index in [1.807, 2.05) is 30.2 Å². The van der Waals surface area contributed by atoms with Crippen molar-refractivity contribution in [1.82, 2.24) is 20.2 Å². The average molecular weight is 388 g/mol. The van der Waals surface area contributed by atoms with Crippen LogP contribution in [-0.4, -0.2) is 54.3 Å². The molecule has 0 radical (unpaired) electrons. The van der Waals surface area contributed by atoms with Crippen LogP contribution < -0.4 is 5.32 Å². The standard InChI is InChI=1S/C20H28N4O4/c1-15-21-11-17(14-27-10-9-26-2)19(23-15)16-5-3-7-24(13-16)20(25)22-12-18-6-4-8-28-18/h4,6,8,11,16H,3,5,7,9-10,12-14H2,1-2H3,(H,22,25). The molecule has 3 heterocycles. The molecule has 2 aromatic rings. The highest BCUT2D eigenvalue weighted by molar-refractivity contribution is 5.74. The van der Waals surface area contributed by atoms with Crippen molar-refractivity contribution < 1.29 is 18.7 Å². The minimum atomic E-state index is -0.0789. The van der Waals surface area contributed by atoms with Gasteiger partial charge >= 0.3 is 6.03 Å². The van der Waals surface area contributed by atoms with Gasteiger partial charge in [-0.3, -0.25) is 0 Å². The minimum absolute atomic E-state index is 0.0789. The number of furan rings is 1. The van der Waals surface area contributed by atoms with E-state index in [-0.39, 0.29) is 11.9 Å². The lowest BCUT2D eigenvalue weighted by atomic mass is 9.92. The first kappa shape index (κ1) is 20.3. The van der Waals surface area contributed by atoms with Crippen molar-refractivity contribution in [2.75, 3.05) is 33.4 Å². The quantitative estimate of drug-likeness (QED) is 0.699. The van der Waals surface area contributed by atoms with Gasteiger partial charge in [0.25, 0.3) is 0 Å². The van der Waals surface area contributed by atoms with Gasteiger partial charge in [0.05, 0.1) is 38.3 Å². The first-order valence-corrected chi connectivity index (χ1v) is 9.61. The summed E-state index contributed by atoms with van der Waals surface area (Å²) in [4.78, 5) is 23.4. The molecule has 2 aromatic heterocycles. The number of urea groups is 1. The van der Waals surface area contributed by atoms with Crippen LogP contribution in [-0.2, 0) is 22.6 Å². The van der Waals surface area contributed by atoms with Crippen LogP contribution in [0.4, 0.5) is 4.79 Å². The van der Waals surface area contributed by atoms with Crippen molar-refractivity contribution in [2.24, 2.45) is 0 Å². The van der Waals surface area contributed by atoms with E-state index in [0.717, 1.165) is 42.2 Å². The zero-order valence-electron chi connectivity index (χ0n) is 16.5. The molecule has 0 saturated carbocycles. The van der Waals surface area contributed by atoms with Gasteiger partial charge in [0.15, 0.2) is 0 Å². The Balaban J connectivity index is 1.62. The Labute approximate surface area is 165 Å². The molecule has 1 aliphatic heterocycles. The number of methoxy groups -OCH3 is 1. The summed E-state index contributed by atoms with van der Waals surface area (Å²) < 4.78 is 16.0. The molecule has 3 rings (SSSR count). The molecule has 1 saturated heterocycles. The Kier molecular flexibility index (Phi) is 7.39. The predicted molar refractivity (Wildman–Crippen MR) is 103 cm³/mol. The van der Waals surface area contributed by atoms with Gasteiger partial charge in [-0.2, -0.15) is 0 Å². The number of carbonyl (C=O) groups excluding carboxylic acids is 1. The van der Waals surface area contributed by atoms with Gasteiger partial charge in [-0.1, -0.05) is 0 Å². The van der Waals surface area contributed by atoms with Gasteiger partial charge in [0.2, 0.25) is 0 Å². The summed E-state index contributed by atoms with van der Waals surface area (Å²) in [5.74, 6) is 1.64. The van der Waals surface area contributed by atoms with E-state index >= 15 is 0 Å². The number of piperidine rings is 1. The van der Waals surface area contributed by atoms with Gasteiger partial charge in [-0.15, -0.1) is 0 Å². The third-order valence-corrected chi connectivity index (χ3v) is 4.80. The number of hydrogen-bond acceptors (Lipinski definition) is 6. The number of nitrogens with zero attached hydrogens (tertiary/aromatic N) is 3. The van der Waals surface area contributed by atoms with Crippen molar-refractivity contribution in [3.05, 3.63) is 47.4 Å². The van der Waals surface area contributed by atoms with Crippen LogP contribution in [0.5, 0.6) is 0 Å². The lowest BCUT2D eigenvalue weighted by Crippen LogP contribution is -2.45. The number of likely N-dealkylation sites (tertiary alicyclic amines) is 1. The van der Waals surface area contributed by atoms with E-state index in [9.17, 15) is 4.79 Å². The van der Waals surface area contributed by atoms with Crippen molar-refractivity contribution >= 4 is 6.03 Å². The Morgan fingerprint density at radius 2 is 2.32 bits per heavy atom. The second kappa shape index (κ2) is 10.2. The van der Waals surface area contributed by atoms with Gasteiger partial charge in [0.1, 0.15) is 11.6 Å². The number of rotatable bonds is 8. The molecule has 8 nitrogen and oxygen atoms in total. The maximum absolute atomic E-state index is 12.6. The fraction of sp³-hybridized carbons (Fsp3) is 0.550. The van der Waals surface area contributed by atoms with E-state index in [1.165, 1.54) is 0 Å². The topological polar surface area (TPSA) is 89.7 Å². The Morgan fingerprint density at radius 1 is 1.43 bits per heavy atom. The Bertz CT molecular complexity index is 751. The number of aromatic nitrogens is 2. The normalized spacial score (nSPS) is 16.9. The Hall–Kier alpha value is -2.45. The van der Waals surface area contributed by atoms with E-state index in [2.05, 4.69) is 15.3 Å². The molecule has 2 amide bonds. The average Bonchev–Trinajstić information content (AvgIpc) is 3.24. The summed E-state index contributed by atoms with van der Waals surface area (Å²) in [5, 5.41) is 2.92. The lowest BCUT2D eigenvalue weighted by Gasteiger charge is -2.33. The largest absolute Gasteiger partial charge is 0.467 e. The van der Waals surface area contributed by atoms with Crippen LogP contribution in [0, 0.1) is 6.92 Å². The van der Waals surface area contributed by atoms with Crippen LogP contribution in [0.25, 0.3) is 0 Å². The Morgan fingerprint density at radius 3 is 3.11 bits per heavy atom. The SMILES string of the molecule is COCCOCc1cnc(C)nc1C1CCCN(C(=O)NCc2ccco2)C1. The molecule has 0 aliphatic carbocycles. The molecular weight excluding hydrogens is 360 g/mol. The molecule has 1 atom stereocenters. The van der Waals surface area contributed by atoms with Crippen LogP contribution in [0.2, 0.25) is 0 Å². The smallest absolute Gasteiger partial charge is 0.317 e. The number of hydrogen-bond donors (Lipinski definition) is 1. The van der Waals surface area contributed by atoms with E-state index in [0.29, 0.717) is 32.9 Å². The predicted octanol–water partition coefficient (Wildman–Crippen LogP) is 2.63. The fourth-order valence-electron chi connectivity index (χ4n) is 3.37. The highest BCUT2D eigenvalue weighted by atomic mass is 16.5. The number of aryl methyl sites for hydroxylation is 1.